The summed E-state index contributed by atoms with van der Waals surface area (Å²) in [6, 6.07) is 6.65. The zero-order valence-electron chi connectivity index (χ0n) is 14.6. The van der Waals surface area contributed by atoms with Gasteiger partial charge in [-0.1, -0.05) is 26.0 Å². The summed E-state index contributed by atoms with van der Waals surface area (Å²) in [7, 11) is 0. The molecular formula is C20H22N2O2S. The van der Waals surface area contributed by atoms with Crippen LogP contribution in [0.4, 0.5) is 0 Å². The van der Waals surface area contributed by atoms with Crippen molar-refractivity contribution in [2.24, 2.45) is 0 Å². The SMILES string of the molecule is CCc1nc2sc(CC)c(-c3ccc4c(c3)CCCC4)n2c1C(=O)O. The fourth-order valence-electron chi connectivity index (χ4n) is 3.88. The van der Waals surface area contributed by atoms with Crippen LogP contribution in [-0.2, 0) is 25.7 Å². The molecule has 0 bridgehead atoms. The number of hydrogen-bond acceptors (Lipinski definition) is 3. The van der Waals surface area contributed by atoms with Crippen molar-refractivity contribution in [2.45, 2.75) is 52.4 Å². The second-order valence-corrected chi connectivity index (χ2v) is 7.66. The molecule has 1 aliphatic carbocycles. The summed E-state index contributed by atoms with van der Waals surface area (Å²) in [5.74, 6) is -0.899. The molecule has 4 rings (SSSR count). The van der Waals surface area contributed by atoms with Crippen LogP contribution in [0, 0.1) is 0 Å². The van der Waals surface area contributed by atoms with E-state index in [9.17, 15) is 9.90 Å². The van der Waals surface area contributed by atoms with Gasteiger partial charge in [-0.15, -0.1) is 11.3 Å². The molecule has 1 N–H and O–H groups in total. The van der Waals surface area contributed by atoms with E-state index in [0.717, 1.165) is 35.5 Å². The van der Waals surface area contributed by atoms with Crippen LogP contribution in [0.2, 0.25) is 0 Å². The Balaban J connectivity index is 1.99. The van der Waals surface area contributed by atoms with Gasteiger partial charge in [-0.05, 0) is 61.3 Å². The molecule has 0 aliphatic heterocycles. The minimum absolute atomic E-state index is 0.321. The minimum atomic E-state index is -0.899. The van der Waals surface area contributed by atoms with Crippen molar-refractivity contribution in [3.63, 3.8) is 0 Å². The highest BCUT2D eigenvalue weighted by Crippen LogP contribution is 2.36. The summed E-state index contributed by atoms with van der Waals surface area (Å²) in [4.78, 5) is 18.5. The molecule has 130 valence electrons. The van der Waals surface area contributed by atoms with Gasteiger partial charge < -0.3 is 5.11 Å². The van der Waals surface area contributed by atoms with Gasteiger partial charge in [-0.25, -0.2) is 9.78 Å². The molecule has 0 saturated carbocycles. The number of carboxylic acids is 1. The minimum Gasteiger partial charge on any atom is -0.477 e. The number of imidazole rings is 1. The molecule has 25 heavy (non-hydrogen) atoms. The molecule has 0 unspecified atom stereocenters. The van der Waals surface area contributed by atoms with E-state index in [1.807, 2.05) is 11.3 Å². The monoisotopic (exact) mass is 354 g/mol. The largest absolute Gasteiger partial charge is 0.477 e. The number of hydrogen-bond donors (Lipinski definition) is 1. The van der Waals surface area contributed by atoms with Gasteiger partial charge in [-0.2, -0.15) is 0 Å². The summed E-state index contributed by atoms with van der Waals surface area (Å²) < 4.78 is 1.87. The van der Waals surface area contributed by atoms with Crippen LogP contribution in [0.25, 0.3) is 16.2 Å². The standard InChI is InChI=1S/C20H22N2O2S/c1-3-15-18(19(23)24)22-17(16(4-2)25-20(22)21-15)14-10-9-12-7-5-6-8-13(12)11-14/h9-11H,3-8H2,1-2H3,(H,23,24). The third-order valence-electron chi connectivity index (χ3n) is 5.10. The first-order valence-corrected chi connectivity index (χ1v) is 9.84. The smallest absolute Gasteiger partial charge is 0.354 e. The predicted molar refractivity (Wildman–Crippen MR) is 101 cm³/mol. The lowest BCUT2D eigenvalue weighted by Gasteiger charge is -2.17. The van der Waals surface area contributed by atoms with E-state index in [1.165, 1.54) is 28.8 Å². The first-order chi connectivity index (χ1) is 12.1. The molecule has 2 aromatic heterocycles. The summed E-state index contributed by atoms with van der Waals surface area (Å²) in [5.41, 5.74) is 5.98. The lowest BCUT2D eigenvalue weighted by Crippen LogP contribution is -2.07. The summed E-state index contributed by atoms with van der Waals surface area (Å²) in [5, 5.41) is 9.77. The molecule has 0 radical (unpaired) electrons. The maximum Gasteiger partial charge on any atom is 0.354 e. The number of aromatic nitrogens is 2. The maximum atomic E-state index is 11.9. The van der Waals surface area contributed by atoms with Crippen molar-refractivity contribution < 1.29 is 9.90 Å². The van der Waals surface area contributed by atoms with E-state index >= 15 is 0 Å². The lowest BCUT2D eigenvalue weighted by atomic mass is 9.90. The zero-order chi connectivity index (χ0) is 17.6. The summed E-state index contributed by atoms with van der Waals surface area (Å²) in [6.45, 7) is 4.08. The molecule has 0 spiro atoms. The Kier molecular flexibility index (Phi) is 4.12. The predicted octanol–water partition coefficient (Wildman–Crippen LogP) is 4.76. The van der Waals surface area contributed by atoms with Crippen molar-refractivity contribution in [3.05, 3.63) is 45.6 Å². The van der Waals surface area contributed by atoms with E-state index in [1.54, 1.807) is 11.3 Å². The number of thiazole rings is 1. The Morgan fingerprint density at radius 3 is 2.64 bits per heavy atom. The van der Waals surface area contributed by atoms with Crippen molar-refractivity contribution in [2.75, 3.05) is 0 Å². The van der Waals surface area contributed by atoms with Crippen molar-refractivity contribution >= 4 is 22.3 Å². The van der Waals surface area contributed by atoms with E-state index < -0.39 is 5.97 Å². The van der Waals surface area contributed by atoms with Crippen LogP contribution >= 0.6 is 11.3 Å². The van der Waals surface area contributed by atoms with E-state index in [4.69, 9.17) is 0 Å². The third kappa shape index (κ3) is 2.58. The highest BCUT2D eigenvalue weighted by Gasteiger charge is 2.24. The van der Waals surface area contributed by atoms with Gasteiger partial charge in [0.15, 0.2) is 10.7 Å². The van der Waals surface area contributed by atoms with Crippen LogP contribution in [0.3, 0.4) is 0 Å². The Bertz CT molecular complexity index is 968. The van der Waals surface area contributed by atoms with E-state index in [2.05, 4.69) is 30.1 Å². The second-order valence-electron chi connectivity index (χ2n) is 6.60. The Morgan fingerprint density at radius 2 is 1.96 bits per heavy atom. The molecule has 1 aliphatic rings. The van der Waals surface area contributed by atoms with Gasteiger partial charge in [-0.3, -0.25) is 4.40 Å². The zero-order valence-corrected chi connectivity index (χ0v) is 15.4. The molecular weight excluding hydrogens is 332 g/mol. The first-order valence-electron chi connectivity index (χ1n) is 9.02. The molecule has 5 heteroatoms. The summed E-state index contributed by atoms with van der Waals surface area (Å²) in [6.07, 6.45) is 6.28. The lowest BCUT2D eigenvalue weighted by molar-refractivity contribution is 0.0688. The van der Waals surface area contributed by atoms with Crippen LogP contribution in [0.5, 0.6) is 0 Å². The number of aromatic carboxylic acids is 1. The van der Waals surface area contributed by atoms with Crippen LogP contribution < -0.4 is 0 Å². The average molecular weight is 354 g/mol. The van der Waals surface area contributed by atoms with E-state index in [0.29, 0.717) is 17.8 Å². The fourth-order valence-corrected chi connectivity index (χ4v) is 4.98. The van der Waals surface area contributed by atoms with Gasteiger partial charge in [0.25, 0.3) is 0 Å². The highest BCUT2D eigenvalue weighted by atomic mass is 32.1. The Labute approximate surface area is 151 Å². The van der Waals surface area contributed by atoms with Crippen LogP contribution in [0.15, 0.2) is 18.2 Å². The number of carboxylic acid groups (broad SMARTS) is 1. The molecule has 0 saturated heterocycles. The average Bonchev–Trinajstić information content (AvgIpc) is 3.15. The fraction of sp³-hybridized carbons (Fsp3) is 0.400. The molecule has 4 nitrogen and oxygen atoms in total. The molecule has 0 atom stereocenters. The number of fused-ring (bicyclic) bond motifs is 2. The maximum absolute atomic E-state index is 11.9. The molecule has 1 aromatic carbocycles. The Morgan fingerprint density at radius 1 is 1.20 bits per heavy atom. The third-order valence-corrected chi connectivity index (χ3v) is 6.29. The van der Waals surface area contributed by atoms with Crippen molar-refractivity contribution in [3.8, 4) is 11.3 Å². The number of benzene rings is 1. The van der Waals surface area contributed by atoms with Gasteiger partial charge in [0.2, 0.25) is 0 Å². The molecule has 2 heterocycles. The summed E-state index contributed by atoms with van der Waals surface area (Å²) >= 11 is 1.61. The molecule has 0 amide bonds. The number of carbonyl (C=O) groups is 1. The quantitative estimate of drug-likeness (QED) is 0.734. The molecule has 0 fully saturated rings. The van der Waals surface area contributed by atoms with Crippen molar-refractivity contribution in [1.29, 1.82) is 0 Å². The van der Waals surface area contributed by atoms with E-state index in [-0.39, 0.29) is 0 Å². The topological polar surface area (TPSA) is 54.6 Å². The Hall–Kier alpha value is -2.14. The normalized spacial score (nSPS) is 14.0. The first kappa shape index (κ1) is 16.3. The van der Waals surface area contributed by atoms with Gasteiger partial charge >= 0.3 is 5.97 Å². The highest BCUT2D eigenvalue weighted by molar-refractivity contribution is 7.17. The van der Waals surface area contributed by atoms with Crippen LogP contribution in [0.1, 0.15) is 58.9 Å². The second kappa shape index (κ2) is 6.30. The van der Waals surface area contributed by atoms with Crippen molar-refractivity contribution in [1.82, 2.24) is 9.38 Å². The van der Waals surface area contributed by atoms with Gasteiger partial charge in [0.05, 0.1) is 11.4 Å². The number of rotatable bonds is 4. The number of nitrogens with zero attached hydrogens (tertiary/aromatic N) is 2. The number of aryl methyl sites for hydroxylation is 4. The van der Waals surface area contributed by atoms with Gasteiger partial charge in [0, 0.05) is 4.88 Å². The van der Waals surface area contributed by atoms with Crippen LogP contribution in [-0.4, -0.2) is 20.5 Å². The molecule has 3 aromatic rings. The van der Waals surface area contributed by atoms with Gasteiger partial charge in [0.1, 0.15) is 0 Å².